The number of allylic oxidation sites excluding steroid dienone is 2. The number of hydrazine groups is 1. The molecule has 0 bridgehead atoms. The number of non-ortho nitro benzene ring substituents is 1. The zero-order valence-electron chi connectivity index (χ0n) is 28.2. The lowest BCUT2D eigenvalue weighted by atomic mass is 9.49. The van der Waals surface area contributed by atoms with Crippen molar-refractivity contribution in [2.75, 3.05) is 17.4 Å². The van der Waals surface area contributed by atoms with Crippen LogP contribution in [0.25, 0.3) is 0 Å². The number of phenolic OH excluding ortho intramolecular Hbond substituents is 1. The summed E-state index contributed by atoms with van der Waals surface area (Å²) < 4.78 is 5.42. The van der Waals surface area contributed by atoms with Crippen molar-refractivity contribution in [2.24, 2.45) is 23.7 Å². The molecule has 54 heavy (non-hydrogen) atoms. The molecule has 4 aliphatic rings. The predicted octanol–water partition coefficient (Wildman–Crippen LogP) is 7.46. The van der Waals surface area contributed by atoms with Crippen molar-refractivity contribution in [1.29, 1.82) is 0 Å². The molecule has 4 amide bonds. The number of nitro groups is 1. The number of carbonyl (C=O) groups is 4. The molecule has 2 heterocycles. The van der Waals surface area contributed by atoms with Gasteiger partial charge in [-0.1, -0.05) is 64.7 Å². The number of rotatable bonds is 7. The van der Waals surface area contributed by atoms with Crippen LogP contribution in [0, 0.1) is 33.8 Å². The summed E-state index contributed by atoms with van der Waals surface area (Å²) in [6.07, 6.45) is 1.89. The number of hydrogen-bond acceptors (Lipinski definition) is 9. The number of nitrogens with one attached hydrogen (secondary N) is 1. The lowest BCUT2D eigenvalue weighted by molar-refractivity contribution is -0.384. The van der Waals surface area contributed by atoms with E-state index in [0.29, 0.717) is 21.9 Å². The summed E-state index contributed by atoms with van der Waals surface area (Å²) in [5.74, 6) is -6.86. The number of benzene rings is 4. The third kappa shape index (κ3) is 5.26. The normalized spacial score (nSPS) is 25.9. The predicted molar refractivity (Wildman–Crippen MR) is 199 cm³/mol. The molecule has 15 heteroatoms. The van der Waals surface area contributed by atoms with Gasteiger partial charge in [0.1, 0.15) is 11.5 Å². The van der Waals surface area contributed by atoms with Crippen LogP contribution in [0.2, 0.25) is 15.1 Å². The van der Waals surface area contributed by atoms with Gasteiger partial charge in [-0.15, -0.1) is 0 Å². The third-order valence-corrected chi connectivity index (χ3v) is 12.0. The fourth-order valence-corrected chi connectivity index (χ4v) is 9.58. The summed E-state index contributed by atoms with van der Waals surface area (Å²) in [6, 6.07) is 21.0. The molecule has 0 radical (unpaired) electrons. The second-order valence-corrected chi connectivity index (χ2v) is 15.0. The summed E-state index contributed by atoms with van der Waals surface area (Å²) in [7, 11) is 1.50. The molecule has 12 nitrogen and oxygen atoms in total. The first-order chi connectivity index (χ1) is 25.9. The van der Waals surface area contributed by atoms with Crippen LogP contribution in [0.5, 0.6) is 11.5 Å². The van der Waals surface area contributed by atoms with Crippen molar-refractivity contribution in [3.8, 4) is 11.5 Å². The molecule has 4 aromatic rings. The first kappa shape index (κ1) is 35.6. The van der Waals surface area contributed by atoms with Crippen molar-refractivity contribution in [2.45, 2.75) is 24.2 Å². The molecule has 2 saturated heterocycles. The van der Waals surface area contributed by atoms with Crippen molar-refractivity contribution in [1.82, 2.24) is 5.01 Å². The Morgan fingerprint density at radius 1 is 0.889 bits per heavy atom. The van der Waals surface area contributed by atoms with E-state index in [2.05, 4.69) is 5.43 Å². The molecule has 6 atom stereocenters. The molecular formula is C39H29Cl3N4O8. The molecule has 2 aliphatic carbocycles. The summed E-state index contributed by atoms with van der Waals surface area (Å²) in [6.45, 7) is 0. The molecule has 8 rings (SSSR count). The number of aromatic hydroxyl groups is 1. The van der Waals surface area contributed by atoms with E-state index in [4.69, 9.17) is 39.5 Å². The first-order valence-corrected chi connectivity index (χ1v) is 18.1. The first-order valence-electron chi connectivity index (χ1n) is 16.9. The number of fused-ring (bicyclic) bond motifs is 4. The molecule has 0 spiro atoms. The van der Waals surface area contributed by atoms with Crippen molar-refractivity contribution < 1.29 is 33.9 Å². The second-order valence-electron chi connectivity index (χ2n) is 13.7. The summed E-state index contributed by atoms with van der Waals surface area (Å²) in [4.78, 5) is 70.7. The highest BCUT2D eigenvalue weighted by Gasteiger charge is 2.70. The highest BCUT2D eigenvalue weighted by atomic mass is 35.5. The highest BCUT2D eigenvalue weighted by Crippen LogP contribution is 2.65. The van der Waals surface area contributed by atoms with Crippen LogP contribution in [0.3, 0.4) is 0 Å². The zero-order chi connectivity index (χ0) is 38.2. The number of hydrogen-bond donors (Lipinski definition) is 2. The summed E-state index contributed by atoms with van der Waals surface area (Å²) in [5, 5.41) is 24.8. The Morgan fingerprint density at radius 3 is 2.31 bits per heavy atom. The Hall–Kier alpha value is -5.43. The molecule has 2 aliphatic heterocycles. The van der Waals surface area contributed by atoms with Crippen LogP contribution in [-0.2, 0) is 24.6 Å². The number of nitro benzene ring substituents is 1. The van der Waals surface area contributed by atoms with Crippen molar-refractivity contribution in [3.05, 3.63) is 133 Å². The Bertz CT molecular complexity index is 2330. The SMILES string of the molecule is COc1ccc([C@@]23C(=O)N(Nc4ccc(Cl)cc4Cl)C(=O)[C@@H]2C[C@@H]2C(=CC[C@@H]4C(=O)N(c5cccc([N+](=O)[O-])c5)C(=O)[C@@H]42)[C@@H]3c2cc(Cl)ccc2O)cc1. The molecule has 4 aromatic carbocycles. The van der Waals surface area contributed by atoms with E-state index < -0.39 is 63.6 Å². The van der Waals surface area contributed by atoms with E-state index in [9.17, 15) is 29.6 Å². The topological polar surface area (TPSA) is 159 Å². The number of nitrogens with zero attached hydrogens (tertiary/aromatic N) is 3. The van der Waals surface area contributed by atoms with Crippen LogP contribution in [0.1, 0.15) is 29.9 Å². The van der Waals surface area contributed by atoms with Gasteiger partial charge in [0.15, 0.2) is 0 Å². The maximum absolute atomic E-state index is 15.3. The van der Waals surface area contributed by atoms with Gasteiger partial charge in [-0.3, -0.25) is 34.7 Å². The average Bonchev–Trinajstić information content (AvgIpc) is 3.54. The lowest BCUT2D eigenvalue weighted by Gasteiger charge is -2.50. The smallest absolute Gasteiger partial charge is 0.271 e. The van der Waals surface area contributed by atoms with Crippen LogP contribution in [-0.4, -0.2) is 45.8 Å². The second kappa shape index (κ2) is 13.2. The maximum Gasteiger partial charge on any atom is 0.271 e. The maximum atomic E-state index is 15.3. The van der Waals surface area contributed by atoms with E-state index in [1.807, 2.05) is 6.08 Å². The number of imide groups is 2. The average molecular weight is 788 g/mol. The number of phenols is 1. The number of carbonyl (C=O) groups excluding carboxylic acids is 4. The molecule has 0 aromatic heterocycles. The third-order valence-electron chi connectivity index (χ3n) is 11.2. The van der Waals surface area contributed by atoms with Gasteiger partial charge in [0.25, 0.3) is 17.5 Å². The van der Waals surface area contributed by atoms with Crippen molar-refractivity contribution >= 4 is 75.5 Å². The van der Waals surface area contributed by atoms with Gasteiger partial charge in [0, 0.05) is 33.7 Å². The number of methoxy groups -OCH3 is 1. The number of ether oxygens (including phenoxy) is 1. The molecule has 0 unspecified atom stereocenters. The largest absolute Gasteiger partial charge is 0.508 e. The molecular weight excluding hydrogens is 759 g/mol. The van der Waals surface area contributed by atoms with E-state index in [0.717, 1.165) is 9.91 Å². The fraction of sp³-hybridized carbons (Fsp3) is 0.231. The quantitative estimate of drug-likeness (QED) is 0.0839. The van der Waals surface area contributed by atoms with Crippen LogP contribution >= 0.6 is 34.8 Å². The van der Waals surface area contributed by atoms with Gasteiger partial charge in [0.2, 0.25) is 11.8 Å². The lowest BCUT2D eigenvalue weighted by Crippen LogP contribution is -2.53. The highest BCUT2D eigenvalue weighted by molar-refractivity contribution is 6.36. The minimum Gasteiger partial charge on any atom is -0.508 e. The minimum atomic E-state index is -1.71. The van der Waals surface area contributed by atoms with Gasteiger partial charge >= 0.3 is 0 Å². The van der Waals surface area contributed by atoms with E-state index >= 15 is 4.79 Å². The van der Waals surface area contributed by atoms with Gasteiger partial charge < -0.3 is 9.84 Å². The van der Waals surface area contributed by atoms with E-state index in [-0.39, 0.29) is 51.3 Å². The monoisotopic (exact) mass is 786 g/mol. The molecule has 1 saturated carbocycles. The van der Waals surface area contributed by atoms with Gasteiger partial charge in [0.05, 0.1) is 51.6 Å². The zero-order valence-corrected chi connectivity index (χ0v) is 30.5. The Kier molecular flexibility index (Phi) is 8.67. The molecule has 3 fully saturated rings. The van der Waals surface area contributed by atoms with E-state index in [1.165, 1.54) is 55.6 Å². The molecule has 2 N–H and O–H groups in total. The van der Waals surface area contributed by atoms with Crippen molar-refractivity contribution in [3.63, 3.8) is 0 Å². The van der Waals surface area contributed by atoms with E-state index in [1.54, 1.807) is 36.4 Å². The minimum absolute atomic E-state index is 0.0320. The summed E-state index contributed by atoms with van der Waals surface area (Å²) >= 11 is 19.2. The Balaban J connectivity index is 1.33. The number of amides is 4. The number of anilines is 2. The Morgan fingerprint density at radius 2 is 1.61 bits per heavy atom. The van der Waals surface area contributed by atoms with Crippen LogP contribution in [0.4, 0.5) is 17.1 Å². The number of halogens is 3. The van der Waals surface area contributed by atoms with Gasteiger partial charge in [-0.2, -0.15) is 5.01 Å². The standard InChI is InChI=1S/C39H29Cl3N4O8/c1-54-24-9-5-19(6-10-24)39-29(36(49)45(38(39)51)43-31-13-7-21(41)16-30(31)42)18-27-25(34(39)28-15-20(40)8-14-32(28)47)11-12-26-33(27)37(50)44(35(26)48)22-3-2-4-23(17-22)46(52)53/h2-11,13-17,26-27,29,33-34,43,47H,12,18H2,1H3/t26-,27+,29-,33-,34+,39+/m0/s1. The molecule has 274 valence electrons. The van der Waals surface area contributed by atoms with Crippen LogP contribution in [0.15, 0.2) is 96.6 Å². The van der Waals surface area contributed by atoms with Gasteiger partial charge in [-0.25, -0.2) is 4.90 Å². The fourth-order valence-electron chi connectivity index (χ4n) is 8.94. The Labute approximate surface area is 323 Å². The van der Waals surface area contributed by atoms with Crippen LogP contribution < -0.4 is 15.1 Å². The summed E-state index contributed by atoms with van der Waals surface area (Å²) in [5.41, 5.74) is 2.48. The van der Waals surface area contributed by atoms with Gasteiger partial charge in [-0.05, 0) is 78.9 Å².